The number of benzene rings is 1. The first-order valence-corrected chi connectivity index (χ1v) is 5.21. The lowest BCUT2D eigenvalue weighted by molar-refractivity contribution is 0.294. The summed E-state index contributed by atoms with van der Waals surface area (Å²) in [5.74, 6) is 0.439. The fourth-order valence-electron chi connectivity index (χ4n) is 1.30. The minimum Gasteiger partial charge on any atom is -0.473 e. The van der Waals surface area contributed by atoms with Crippen molar-refractivity contribution in [2.75, 3.05) is 5.73 Å². The number of aromatic nitrogens is 1. The Hall–Kier alpha value is -1.74. The van der Waals surface area contributed by atoms with Crippen LogP contribution in [0.5, 0.6) is 5.88 Å². The molecule has 0 radical (unpaired) electrons. The Balaban J connectivity index is 2.05. The number of hydrogen-bond acceptors (Lipinski definition) is 3. The topological polar surface area (TPSA) is 48.1 Å². The van der Waals surface area contributed by atoms with Gasteiger partial charge in [0.15, 0.2) is 0 Å². The molecule has 1 heterocycles. The maximum atomic E-state index is 5.76. The minimum atomic E-state index is 0.336. The summed E-state index contributed by atoms with van der Waals surface area (Å²) in [5, 5.41) is 0.336. The Morgan fingerprint density at radius 1 is 1.19 bits per heavy atom. The van der Waals surface area contributed by atoms with Gasteiger partial charge in [-0.05, 0) is 11.6 Å². The second-order valence-electron chi connectivity index (χ2n) is 3.34. The van der Waals surface area contributed by atoms with E-state index in [-0.39, 0.29) is 0 Å². The summed E-state index contributed by atoms with van der Waals surface area (Å²) in [6.07, 6.45) is 0. The van der Waals surface area contributed by atoms with Gasteiger partial charge in [-0.1, -0.05) is 41.9 Å². The summed E-state index contributed by atoms with van der Waals surface area (Å²) >= 11 is 5.76. The summed E-state index contributed by atoms with van der Waals surface area (Å²) in [6, 6.07) is 13.1. The number of nitrogen functional groups attached to an aromatic ring is 1. The first-order valence-electron chi connectivity index (χ1n) is 4.84. The maximum absolute atomic E-state index is 5.76. The third kappa shape index (κ3) is 2.87. The number of halogens is 1. The average Bonchev–Trinajstić information content (AvgIpc) is 2.27. The van der Waals surface area contributed by atoms with Crippen LogP contribution in [0.3, 0.4) is 0 Å². The van der Waals surface area contributed by atoms with Crippen molar-refractivity contribution < 1.29 is 4.74 Å². The first kappa shape index (κ1) is 10.8. The molecule has 0 bridgehead atoms. The zero-order valence-corrected chi connectivity index (χ0v) is 9.32. The van der Waals surface area contributed by atoms with Crippen LogP contribution < -0.4 is 10.5 Å². The van der Waals surface area contributed by atoms with E-state index in [9.17, 15) is 0 Å². The number of nitrogens with two attached hydrogens (primary N) is 1. The van der Waals surface area contributed by atoms with Gasteiger partial charge in [-0.3, -0.25) is 0 Å². The Kier molecular flexibility index (Phi) is 3.27. The third-order valence-electron chi connectivity index (χ3n) is 2.02. The molecular formula is C12H11ClN2O. The van der Waals surface area contributed by atoms with E-state index >= 15 is 0 Å². The zero-order valence-electron chi connectivity index (χ0n) is 8.56. The van der Waals surface area contributed by atoms with Gasteiger partial charge >= 0.3 is 0 Å². The number of ether oxygens (including phenoxy) is 1. The fraction of sp³-hybridized carbons (Fsp3) is 0.0833. The molecule has 0 aliphatic rings. The highest BCUT2D eigenvalue weighted by Gasteiger charge is 2.00. The summed E-state index contributed by atoms with van der Waals surface area (Å²) in [7, 11) is 0. The van der Waals surface area contributed by atoms with Gasteiger partial charge < -0.3 is 10.5 Å². The lowest BCUT2D eigenvalue weighted by Gasteiger charge is -2.06. The predicted octanol–water partition coefficient (Wildman–Crippen LogP) is 2.90. The molecule has 0 aliphatic carbocycles. The lowest BCUT2D eigenvalue weighted by atomic mass is 10.2. The quantitative estimate of drug-likeness (QED) is 0.831. The zero-order chi connectivity index (χ0) is 11.4. The molecule has 0 spiro atoms. The smallest absolute Gasteiger partial charge is 0.217 e. The van der Waals surface area contributed by atoms with E-state index in [1.54, 1.807) is 12.1 Å². The second kappa shape index (κ2) is 4.86. The molecule has 2 aromatic rings. The number of rotatable bonds is 3. The molecule has 0 aliphatic heterocycles. The van der Waals surface area contributed by atoms with E-state index in [1.165, 1.54) is 0 Å². The van der Waals surface area contributed by atoms with E-state index < -0.39 is 0 Å². The van der Waals surface area contributed by atoms with Crippen LogP contribution in [0.4, 0.5) is 5.69 Å². The summed E-state index contributed by atoms with van der Waals surface area (Å²) in [4.78, 5) is 4.01. The minimum absolute atomic E-state index is 0.336. The number of hydrogen-bond donors (Lipinski definition) is 1. The van der Waals surface area contributed by atoms with Crippen molar-refractivity contribution in [2.45, 2.75) is 6.61 Å². The van der Waals surface area contributed by atoms with E-state index in [0.717, 1.165) is 5.56 Å². The van der Waals surface area contributed by atoms with Crippen LogP contribution in [0.1, 0.15) is 5.56 Å². The average molecular weight is 235 g/mol. The van der Waals surface area contributed by atoms with Gasteiger partial charge in [-0.2, -0.15) is 0 Å². The largest absolute Gasteiger partial charge is 0.473 e. The normalized spacial score (nSPS) is 10.1. The van der Waals surface area contributed by atoms with Crippen molar-refractivity contribution in [2.24, 2.45) is 0 Å². The number of pyridine rings is 1. The summed E-state index contributed by atoms with van der Waals surface area (Å²) in [6.45, 7) is 0.452. The monoisotopic (exact) mass is 234 g/mol. The molecule has 0 unspecified atom stereocenters. The van der Waals surface area contributed by atoms with Gasteiger partial charge in [-0.15, -0.1) is 0 Å². The van der Waals surface area contributed by atoms with Gasteiger partial charge in [0.1, 0.15) is 11.8 Å². The molecule has 1 aromatic carbocycles. The van der Waals surface area contributed by atoms with Gasteiger partial charge in [0.05, 0.1) is 0 Å². The van der Waals surface area contributed by atoms with Crippen LogP contribution in [0, 0.1) is 0 Å². The molecular weight excluding hydrogens is 224 g/mol. The highest BCUT2D eigenvalue weighted by atomic mass is 35.5. The van der Waals surface area contributed by atoms with Crippen LogP contribution in [-0.2, 0) is 6.61 Å². The lowest BCUT2D eigenvalue weighted by Crippen LogP contribution is -1.98. The van der Waals surface area contributed by atoms with Crippen LogP contribution in [-0.4, -0.2) is 4.98 Å². The van der Waals surface area contributed by atoms with Crippen LogP contribution in [0.2, 0.25) is 5.15 Å². The van der Waals surface area contributed by atoms with Crippen molar-refractivity contribution >= 4 is 17.3 Å². The molecule has 2 rings (SSSR count). The number of anilines is 1. The fourth-order valence-corrected chi connectivity index (χ4v) is 1.51. The Bertz CT molecular complexity index is 453. The molecule has 1 aromatic heterocycles. The molecule has 82 valence electrons. The molecule has 0 atom stereocenters. The Labute approximate surface area is 98.8 Å². The van der Waals surface area contributed by atoms with Crippen molar-refractivity contribution in [1.82, 2.24) is 4.98 Å². The SMILES string of the molecule is Nc1cc(Cl)nc(OCc2ccccc2)c1. The molecule has 16 heavy (non-hydrogen) atoms. The second-order valence-corrected chi connectivity index (χ2v) is 3.72. The predicted molar refractivity (Wildman–Crippen MR) is 64.4 cm³/mol. The van der Waals surface area contributed by atoms with Gasteiger partial charge in [0.25, 0.3) is 0 Å². The van der Waals surface area contributed by atoms with Gasteiger partial charge in [0, 0.05) is 11.8 Å². The molecule has 3 nitrogen and oxygen atoms in total. The highest BCUT2D eigenvalue weighted by molar-refractivity contribution is 6.29. The van der Waals surface area contributed by atoms with Crippen molar-refractivity contribution in [1.29, 1.82) is 0 Å². The summed E-state index contributed by atoms with van der Waals surface area (Å²) < 4.78 is 5.48. The Morgan fingerprint density at radius 3 is 2.62 bits per heavy atom. The van der Waals surface area contributed by atoms with E-state index in [4.69, 9.17) is 22.1 Å². The third-order valence-corrected chi connectivity index (χ3v) is 2.22. The van der Waals surface area contributed by atoms with Gasteiger partial charge in [-0.25, -0.2) is 4.98 Å². The summed E-state index contributed by atoms with van der Waals surface area (Å²) in [5.41, 5.74) is 7.24. The first-order chi connectivity index (χ1) is 7.74. The van der Waals surface area contributed by atoms with Crippen molar-refractivity contribution in [3.63, 3.8) is 0 Å². The van der Waals surface area contributed by atoms with E-state index in [0.29, 0.717) is 23.3 Å². The molecule has 4 heteroatoms. The standard InChI is InChI=1S/C12H11ClN2O/c13-11-6-10(14)7-12(15-11)16-8-9-4-2-1-3-5-9/h1-7H,8H2,(H2,14,15). The molecule has 0 amide bonds. The van der Waals surface area contributed by atoms with Crippen LogP contribution in [0.25, 0.3) is 0 Å². The van der Waals surface area contributed by atoms with Crippen LogP contribution in [0.15, 0.2) is 42.5 Å². The van der Waals surface area contributed by atoms with E-state index in [2.05, 4.69) is 4.98 Å². The molecule has 0 saturated carbocycles. The maximum Gasteiger partial charge on any atom is 0.217 e. The van der Waals surface area contributed by atoms with E-state index in [1.807, 2.05) is 30.3 Å². The molecule has 0 saturated heterocycles. The molecule has 0 fully saturated rings. The highest BCUT2D eigenvalue weighted by Crippen LogP contribution is 2.18. The number of nitrogens with zero attached hydrogens (tertiary/aromatic N) is 1. The molecule has 2 N–H and O–H groups in total. The van der Waals surface area contributed by atoms with Crippen molar-refractivity contribution in [3.05, 3.63) is 53.2 Å². The Morgan fingerprint density at radius 2 is 1.94 bits per heavy atom. The van der Waals surface area contributed by atoms with Crippen molar-refractivity contribution in [3.8, 4) is 5.88 Å². The van der Waals surface area contributed by atoms with Crippen LogP contribution >= 0.6 is 11.6 Å². The van der Waals surface area contributed by atoms with Gasteiger partial charge in [0.2, 0.25) is 5.88 Å².